The fourth-order valence-corrected chi connectivity index (χ4v) is 4.24. The molecule has 1 aromatic carbocycles. The van der Waals surface area contributed by atoms with E-state index in [1.54, 1.807) is 52.3 Å². The van der Waals surface area contributed by atoms with Gasteiger partial charge in [-0.15, -0.1) is 5.10 Å². The van der Waals surface area contributed by atoms with Crippen LogP contribution in [0.1, 0.15) is 18.2 Å². The summed E-state index contributed by atoms with van der Waals surface area (Å²) >= 11 is 0. The third-order valence-electron chi connectivity index (χ3n) is 4.60. The molecule has 146 valence electrons. The summed E-state index contributed by atoms with van der Waals surface area (Å²) in [5.74, 6) is -0.363. The van der Waals surface area contributed by atoms with Crippen molar-refractivity contribution in [1.82, 2.24) is 34.9 Å². The molecule has 0 N–H and O–H groups in total. The third kappa shape index (κ3) is 3.93. The van der Waals surface area contributed by atoms with Crippen molar-refractivity contribution >= 4 is 15.7 Å². The summed E-state index contributed by atoms with van der Waals surface area (Å²) in [7, 11) is -3.45. The lowest BCUT2D eigenvalue weighted by atomic mass is 10.1. The molecular formula is C17H19N7O3S. The smallest absolute Gasteiger partial charge is 0.223 e. The lowest BCUT2D eigenvalue weighted by Gasteiger charge is -2.38. The number of aromatic nitrogens is 6. The van der Waals surface area contributed by atoms with E-state index in [9.17, 15) is 13.2 Å². The van der Waals surface area contributed by atoms with Gasteiger partial charge < -0.3 is 4.90 Å². The van der Waals surface area contributed by atoms with Crippen LogP contribution in [0.4, 0.5) is 0 Å². The zero-order chi connectivity index (χ0) is 19.6. The van der Waals surface area contributed by atoms with E-state index in [4.69, 9.17) is 0 Å². The maximum Gasteiger partial charge on any atom is 0.223 e. The highest BCUT2D eigenvalue weighted by Gasteiger charge is 2.33. The highest BCUT2D eigenvalue weighted by Crippen LogP contribution is 2.22. The van der Waals surface area contributed by atoms with Crippen molar-refractivity contribution in [3.8, 4) is 0 Å². The normalized spacial score (nSPS) is 14.8. The number of hydrogen-bond acceptors (Lipinski definition) is 7. The molecule has 28 heavy (non-hydrogen) atoms. The van der Waals surface area contributed by atoms with Crippen LogP contribution in [0.15, 0.2) is 53.8 Å². The van der Waals surface area contributed by atoms with E-state index in [1.165, 1.54) is 4.80 Å². The lowest BCUT2D eigenvalue weighted by Crippen LogP contribution is -2.51. The van der Waals surface area contributed by atoms with E-state index >= 15 is 0 Å². The standard InChI is InChI=1S/C17H19N7O3S/c25-17(6-9-28(26,27)16-4-2-1-3-5-16)22-12-15(13-22)23-10-14(20-21-23)11-24-18-7-8-19-24/h1-5,7-8,10,15H,6,9,11-13H2. The minimum absolute atomic E-state index is 0.0302. The van der Waals surface area contributed by atoms with Gasteiger partial charge in [-0.2, -0.15) is 15.0 Å². The van der Waals surface area contributed by atoms with Crippen molar-refractivity contribution in [3.63, 3.8) is 0 Å². The van der Waals surface area contributed by atoms with Gasteiger partial charge >= 0.3 is 0 Å². The second kappa shape index (κ2) is 7.50. The van der Waals surface area contributed by atoms with Gasteiger partial charge in [-0.05, 0) is 12.1 Å². The molecule has 1 fully saturated rings. The van der Waals surface area contributed by atoms with E-state index in [1.807, 2.05) is 6.20 Å². The van der Waals surface area contributed by atoms with Crippen molar-refractivity contribution in [1.29, 1.82) is 0 Å². The second-order valence-corrected chi connectivity index (χ2v) is 8.69. The number of sulfone groups is 1. The van der Waals surface area contributed by atoms with Gasteiger partial charge in [0, 0.05) is 19.5 Å². The van der Waals surface area contributed by atoms with Crippen LogP contribution in [-0.2, 0) is 21.2 Å². The highest BCUT2D eigenvalue weighted by molar-refractivity contribution is 7.91. The number of amides is 1. The zero-order valence-corrected chi connectivity index (χ0v) is 15.8. The molecule has 0 unspecified atom stereocenters. The summed E-state index contributed by atoms with van der Waals surface area (Å²) < 4.78 is 26.3. The quantitative estimate of drug-likeness (QED) is 0.554. The first-order chi connectivity index (χ1) is 13.5. The molecule has 0 aliphatic carbocycles. The minimum atomic E-state index is -3.45. The Morgan fingerprint density at radius 3 is 2.54 bits per heavy atom. The molecule has 0 spiro atoms. The predicted molar refractivity (Wildman–Crippen MR) is 97.9 cm³/mol. The summed E-state index contributed by atoms with van der Waals surface area (Å²) in [6.07, 6.45) is 4.98. The van der Waals surface area contributed by atoms with E-state index in [0.29, 0.717) is 19.6 Å². The Bertz CT molecular complexity index is 1040. The van der Waals surface area contributed by atoms with E-state index in [2.05, 4.69) is 20.5 Å². The van der Waals surface area contributed by atoms with Crippen LogP contribution in [0, 0.1) is 0 Å². The van der Waals surface area contributed by atoms with Crippen LogP contribution in [0.3, 0.4) is 0 Å². The Balaban J connectivity index is 1.27. The van der Waals surface area contributed by atoms with Crippen molar-refractivity contribution in [2.75, 3.05) is 18.8 Å². The maximum absolute atomic E-state index is 12.3. The first-order valence-corrected chi connectivity index (χ1v) is 10.5. The van der Waals surface area contributed by atoms with Crippen molar-refractivity contribution in [2.24, 2.45) is 0 Å². The fourth-order valence-electron chi connectivity index (χ4n) is 2.99. The van der Waals surface area contributed by atoms with E-state index < -0.39 is 9.84 Å². The van der Waals surface area contributed by atoms with E-state index in [0.717, 1.165) is 5.69 Å². The highest BCUT2D eigenvalue weighted by atomic mass is 32.2. The number of rotatable bonds is 7. The monoisotopic (exact) mass is 401 g/mol. The first-order valence-electron chi connectivity index (χ1n) is 8.82. The molecular weight excluding hydrogens is 382 g/mol. The van der Waals surface area contributed by atoms with Gasteiger partial charge in [0.2, 0.25) is 5.91 Å². The largest absolute Gasteiger partial charge is 0.338 e. The molecule has 3 heterocycles. The SMILES string of the molecule is O=C(CCS(=O)(=O)c1ccccc1)N1CC(n2cc(Cn3nccn3)nn2)C1. The Morgan fingerprint density at radius 1 is 1.11 bits per heavy atom. The summed E-state index contributed by atoms with van der Waals surface area (Å²) in [6, 6.07) is 8.22. The van der Waals surface area contributed by atoms with Gasteiger partial charge in [0.05, 0.1) is 35.3 Å². The van der Waals surface area contributed by atoms with Crippen LogP contribution < -0.4 is 0 Å². The van der Waals surface area contributed by atoms with Crippen molar-refractivity contribution in [3.05, 3.63) is 54.6 Å². The van der Waals surface area contributed by atoms with Gasteiger partial charge in [0.25, 0.3) is 0 Å². The third-order valence-corrected chi connectivity index (χ3v) is 6.34. The summed E-state index contributed by atoms with van der Waals surface area (Å²) in [5, 5.41) is 16.2. The molecule has 1 saturated heterocycles. The molecule has 0 bridgehead atoms. The Morgan fingerprint density at radius 2 is 1.82 bits per heavy atom. The number of benzene rings is 1. The van der Waals surface area contributed by atoms with Gasteiger partial charge in [-0.3, -0.25) is 4.79 Å². The fraction of sp³-hybridized carbons (Fsp3) is 0.353. The van der Waals surface area contributed by atoms with Gasteiger partial charge in [-0.1, -0.05) is 23.4 Å². The van der Waals surface area contributed by atoms with E-state index in [-0.39, 0.29) is 29.0 Å². The number of nitrogens with zero attached hydrogens (tertiary/aromatic N) is 7. The Kier molecular flexibility index (Phi) is 4.90. The van der Waals surface area contributed by atoms with Crippen LogP contribution in [0.5, 0.6) is 0 Å². The first kappa shape index (κ1) is 18.3. The predicted octanol–water partition coefficient (Wildman–Crippen LogP) is 0.165. The van der Waals surface area contributed by atoms with Crippen LogP contribution in [0.25, 0.3) is 0 Å². The van der Waals surface area contributed by atoms with Gasteiger partial charge in [0.1, 0.15) is 12.2 Å². The van der Waals surface area contributed by atoms with Gasteiger partial charge in [0.15, 0.2) is 9.84 Å². The van der Waals surface area contributed by atoms with Crippen LogP contribution in [-0.4, -0.2) is 68.1 Å². The number of carbonyl (C=O) groups is 1. The van der Waals surface area contributed by atoms with Crippen LogP contribution >= 0.6 is 0 Å². The molecule has 4 rings (SSSR count). The number of hydrogen-bond donors (Lipinski definition) is 0. The molecule has 1 amide bonds. The van der Waals surface area contributed by atoms with Gasteiger partial charge in [-0.25, -0.2) is 13.1 Å². The summed E-state index contributed by atoms with van der Waals surface area (Å²) in [6.45, 7) is 1.42. The van der Waals surface area contributed by atoms with Crippen molar-refractivity contribution < 1.29 is 13.2 Å². The Hall–Kier alpha value is -3.08. The average molecular weight is 401 g/mol. The lowest BCUT2D eigenvalue weighted by molar-refractivity contribution is -0.136. The molecule has 10 nitrogen and oxygen atoms in total. The average Bonchev–Trinajstić information content (AvgIpc) is 3.32. The zero-order valence-electron chi connectivity index (χ0n) is 15.0. The minimum Gasteiger partial charge on any atom is -0.338 e. The number of carbonyl (C=O) groups excluding carboxylic acids is 1. The molecule has 3 aromatic rings. The molecule has 2 aromatic heterocycles. The molecule has 1 aliphatic rings. The molecule has 11 heteroatoms. The number of likely N-dealkylation sites (tertiary alicyclic amines) is 1. The molecule has 0 atom stereocenters. The topological polar surface area (TPSA) is 116 Å². The molecule has 0 radical (unpaired) electrons. The summed E-state index contributed by atoms with van der Waals surface area (Å²) in [4.78, 5) is 15.7. The van der Waals surface area contributed by atoms with Crippen molar-refractivity contribution in [2.45, 2.75) is 23.9 Å². The van der Waals surface area contributed by atoms with Crippen LogP contribution in [0.2, 0.25) is 0 Å². The summed E-state index contributed by atoms with van der Waals surface area (Å²) in [5.41, 5.74) is 0.731. The Labute approximate surface area is 161 Å². The molecule has 1 aliphatic heterocycles. The maximum atomic E-state index is 12.3. The molecule has 0 saturated carbocycles. The second-order valence-electron chi connectivity index (χ2n) is 6.58.